The predicted molar refractivity (Wildman–Crippen MR) is 57.7 cm³/mol. The molecule has 1 aromatic carbocycles. The van der Waals surface area contributed by atoms with E-state index in [2.05, 4.69) is 0 Å². The van der Waals surface area contributed by atoms with Crippen LogP contribution < -0.4 is 15.4 Å². The van der Waals surface area contributed by atoms with Gasteiger partial charge in [0.2, 0.25) is 0 Å². The van der Waals surface area contributed by atoms with E-state index in [-0.39, 0.29) is 17.9 Å². The molecule has 1 heterocycles. The van der Waals surface area contributed by atoms with Gasteiger partial charge in [0.1, 0.15) is 23.4 Å². The van der Waals surface area contributed by atoms with Crippen molar-refractivity contribution < 1.29 is 13.5 Å². The molecule has 16 heavy (non-hydrogen) atoms. The number of halogens is 2. The monoisotopic (exact) mass is 228 g/mol. The second-order valence-electron chi connectivity index (χ2n) is 3.98. The van der Waals surface area contributed by atoms with Gasteiger partial charge in [-0.2, -0.15) is 0 Å². The molecule has 0 amide bonds. The Morgan fingerprint density at radius 3 is 2.75 bits per heavy atom. The highest BCUT2D eigenvalue weighted by molar-refractivity contribution is 5.61. The molecule has 2 N–H and O–H groups in total. The van der Waals surface area contributed by atoms with Gasteiger partial charge in [-0.25, -0.2) is 8.78 Å². The van der Waals surface area contributed by atoms with Crippen molar-refractivity contribution in [2.75, 3.05) is 18.5 Å². The minimum absolute atomic E-state index is 0.0440. The first-order valence-electron chi connectivity index (χ1n) is 5.13. The average molecular weight is 228 g/mol. The number of fused-ring (bicyclic) bond motifs is 1. The molecule has 0 aromatic heterocycles. The zero-order valence-corrected chi connectivity index (χ0v) is 9.21. The van der Waals surface area contributed by atoms with Crippen molar-refractivity contribution in [3.05, 3.63) is 23.8 Å². The van der Waals surface area contributed by atoms with E-state index in [0.29, 0.717) is 12.2 Å². The molecule has 1 aliphatic heterocycles. The molecule has 88 valence electrons. The van der Waals surface area contributed by atoms with Crippen LogP contribution in [0.5, 0.6) is 5.75 Å². The lowest BCUT2D eigenvalue weighted by molar-refractivity contribution is 0.166. The zero-order valence-electron chi connectivity index (χ0n) is 9.21. The van der Waals surface area contributed by atoms with Crippen LogP contribution in [0, 0.1) is 11.6 Å². The van der Waals surface area contributed by atoms with E-state index in [1.807, 2.05) is 6.92 Å². The minimum Gasteiger partial charge on any atom is -0.485 e. The maximum absolute atomic E-state index is 13.6. The van der Waals surface area contributed by atoms with Crippen LogP contribution in [0.4, 0.5) is 14.5 Å². The van der Waals surface area contributed by atoms with Crippen LogP contribution in [-0.2, 0) is 0 Å². The zero-order chi connectivity index (χ0) is 11.9. The Hall–Kier alpha value is -1.36. The van der Waals surface area contributed by atoms with Gasteiger partial charge in [-0.3, -0.25) is 0 Å². The normalized spacial score (nSPS) is 23.9. The molecule has 2 rings (SSSR count). The van der Waals surface area contributed by atoms with E-state index >= 15 is 0 Å². The standard InChI is InChI=1S/C11H14F2N2O/c1-6-10(5-14)16-9-4-7(12)3-8(13)11(9)15(6)2/h3-4,6,10H,5,14H2,1-2H3. The van der Waals surface area contributed by atoms with Gasteiger partial charge >= 0.3 is 0 Å². The molecule has 0 spiro atoms. The van der Waals surface area contributed by atoms with E-state index in [9.17, 15) is 8.78 Å². The SMILES string of the molecule is CC1C(CN)Oc2cc(F)cc(F)c2N1C. The first kappa shape index (κ1) is 11.1. The number of anilines is 1. The molecule has 0 aliphatic carbocycles. The van der Waals surface area contributed by atoms with Crippen molar-refractivity contribution in [3.63, 3.8) is 0 Å². The quantitative estimate of drug-likeness (QED) is 0.791. The summed E-state index contributed by atoms with van der Waals surface area (Å²) in [6.07, 6.45) is -0.251. The first-order valence-corrected chi connectivity index (χ1v) is 5.13. The number of rotatable bonds is 1. The number of nitrogens with zero attached hydrogens (tertiary/aromatic N) is 1. The van der Waals surface area contributed by atoms with Crippen molar-refractivity contribution in [2.45, 2.75) is 19.1 Å². The minimum atomic E-state index is -0.644. The summed E-state index contributed by atoms with van der Waals surface area (Å²) < 4.78 is 32.1. The molecule has 2 unspecified atom stereocenters. The predicted octanol–water partition coefficient (Wildman–Crippen LogP) is 1.51. The van der Waals surface area contributed by atoms with Gasteiger partial charge in [-0.05, 0) is 6.92 Å². The second kappa shape index (κ2) is 3.90. The third kappa shape index (κ3) is 1.61. The van der Waals surface area contributed by atoms with Crippen molar-refractivity contribution >= 4 is 5.69 Å². The van der Waals surface area contributed by atoms with Crippen LogP contribution in [0.3, 0.4) is 0 Å². The van der Waals surface area contributed by atoms with Gasteiger partial charge in [-0.1, -0.05) is 0 Å². The molecule has 1 aliphatic rings. The number of likely N-dealkylation sites (N-methyl/N-ethyl adjacent to an activating group) is 1. The third-order valence-corrected chi connectivity index (χ3v) is 3.01. The van der Waals surface area contributed by atoms with E-state index < -0.39 is 11.6 Å². The number of nitrogens with two attached hydrogens (primary N) is 1. The van der Waals surface area contributed by atoms with Crippen LogP contribution in [0.15, 0.2) is 12.1 Å². The highest BCUT2D eigenvalue weighted by Crippen LogP contribution is 2.37. The van der Waals surface area contributed by atoms with Crippen molar-refractivity contribution in [1.82, 2.24) is 0 Å². The summed E-state index contributed by atoms with van der Waals surface area (Å²) in [7, 11) is 1.75. The Kier molecular flexibility index (Phi) is 2.71. The van der Waals surface area contributed by atoms with Gasteiger partial charge < -0.3 is 15.4 Å². The summed E-state index contributed by atoms with van der Waals surface area (Å²) in [5.41, 5.74) is 5.84. The van der Waals surface area contributed by atoms with E-state index in [1.165, 1.54) is 6.07 Å². The molecule has 0 saturated heterocycles. The van der Waals surface area contributed by atoms with Crippen LogP contribution in [0.25, 0.3) is 0 Å². The van der Waals surface area contributed by atoms with Crippen LogP contribution >= 0.6 is 0 Å². The van der Waals surface area contributed by atoms with Crippen LogP contribution in [-0.4, -0.2) is 25.7 Å². The maximum Gasteiger partial charge on any atom is 0.153 e. The summed E-state index contributed by atoms with van der Waals surface area (Å²) in [5, 5.41) is 0. The van der Waals surface area contributed by atoms with Crippen LogP contribution in [0.2, 0.25) is 0 Å². The molecule has 0 radical (unpaired) electrons. The molecular weight excluding hydrogens is 214 g/mol. The third-order valence-electron chi connectivity index (χ3n) is 3.01. The fourth-order valence-electron chi connectivity index (χ4n) is 1.93. The van der Waals surface area contributed by atoms with Crippen LogP contribution in [0.1, 0.15) is 6.92 Å². The second-order valence-corrected chi connectivity index (χ2v) is 3.98. The van der Waals surface area contributed by atoms with Gasteiger partial charge in [-0.15, -0.1) is 0 Å². The number of ether oxygens (including phenoxy) is 1. The summed E-state index contributed by atoms with van der Waals surface area (Å²) in [6.45, 7) is 2.20. The molecule has 5 heteroatoms. The summed E-state index contributed by atoms with van der Waals surface area (Å²) >= 11 is 0. The molecule has 1 aromatic rings. The fraction of sp³-hybridized carbons (Fsp3) is 0.455. The Morgan fingerprint density at radius 2 is 2.12 bits per heavy atom. The van der Waals surface area contributed by atoms with Gasteiger partial charge in [0.15, 0.2) is 5.82 Å². The summed E-state index contributed by atoms with van der Waals surface area (Å²) in [5.74, 6) is -1.04. The molecule has 2 atom stereocenters. The maximum atomic E-state index is 13.6. The topological polar surface area (TPSA) is 38.5 Å². The smallest absolute Gasteiger partial charge is 0.153 e. The van der Waals surface area contributed by atoms with E-state index in [1.54, 1.807) is 11.9 Å². The van der Waals surface area contributed by atoms with Crippen molar-refractivity contribution in [3.8, 4) is 5.75 Å². The largest absolute Gasteiger partial charge is 0.485 e. The number of benzene rings is 1. The van der Waals surface area contributed by atoms with Gasteiger partial charge in [0.05, 0.1) is 6.04 Å². The van der Waals surface area contributed by atoms with Gasteiger partial charge in [0.25, 0.3) is 0 Å². The molecule has 3 nitrogen and oxygen atoms in total. The Bertz CT molecular complexity index is 411. The van der Waals surface area contributed by atoms with E-state index in [4.69, 9.17) is 10.5 Å². The van der Waals surface area contributed by atoms with Crippen molar-refractivity contribution in [1.29, 1.82) is 0 Å². The molecule has 0 fully saturated rings. The Balaban J connectivity index is 2.50. The number of hydrogen-bond donors (Lipinski definition) is 1. The molecule has 0 saturated carbocycles. The summed E-state index contributed by atoms with van der Waals surface area (Å²) in [4.78, 5) is 1.73. The first-order chi connectivity index (χ1) is 7.54. The Labute approximate surface area is 92.8 Å². The number of hydrogen-bond acceptors (Lipinski definition) is 3. The highest BCUT2D eigenvalue weighted by Gasteiger charge is 2.32. The summed E-state index contributed by atoms with van der Waals surface area (Å²) in [6, 6.07) is 2.00. The fourth-order valence-corrected chi connectivity index (χ4v) is 1.93. The van der Waals surface area contributed by atoms with Crippen molar-refractivity contribution in [2.24, 2.45) is 5.73 Å². The lowest BCUT2D eigenvalue weighted by Gasteiger charge is -2.39. The van der Waals surface area contributed by atoms with E-state index in [0.717, 1.165) is 6.07 Å². The Morgan fingerprint density at radius 1 is 1.44 bits per heavy atom. The molecular formula is C11H14F2N2O. The average Bonchev–Trinajstić information content (AvgIpc) is 2.22. The molecule has 0 bridgehead atoms. The lowest BCUT2D eigenvalue weighted by Crippen LogP contribution is -2.49. The lowest BCUT2D eigenvalue weighted by atomic mass is 10.1. The van der Waals surface area contributed by atoms with Gasteiger partial charge in [0, 0.05) is 25.7 Å². The highest BCUT2D eigenvalue weighted by atomic mass is 19.1.